The number of thioether (sulfide) groups is 1. The minimum absolute atomic E-state index is 0.0255. The van der Waals surface area contributed by atoms with Gasteiger partial charge < -0.3 is 30.2 Å². The average Bonchev–Trinajstić information content (AvgIpc) is 2.93. The molecule has 216 valence electrons. The number of hydrogen-bond acceptors (Lipinski definition) is 12. The molecule has 0 saturated carbocycles. The number of rotatable bonds is 9. The SMILES string of the molecule is C[C@@]1(OC(N)=O)CS[C@@H]2[C@H](NC(=O)OCc3ccc([N+](=O)[O-])cc3)C(=O)N2[C@H]1C(=O)OCc1ccc([N+](=O)[O-])cc1. The van der Waals surface area contributed by atoms with Gasteiger partial charge >= 0.3 is 18.2 Å². The van der Waals surface area contributed by atoms with Gasteiger partial charge in [-0.2, -0.15) is 0 Å². The number of benzene rings is 2. The maximum Gasteiger partial charge on any atom is 0.408 e. The number of nitrogens with zero attached hydrogens (tertiary/aromatic N) is 3. The van der Waals surface area contributed by atoms with Gasteiger partial charge in [0.05, 0.1) is 9.85 Å². The molecular formula is C24H23N5O11S. The Bertz CT molecular complexity index is 1390. The molecule has 41 heavy (non-hydrogen) atoms. The molecule has 0 unspecified atom stereocenters. The number of nitrogens with one attached hydrogen (secondary N) is 1. The summed E-state index contributed by atoms with van der Waals surface area (Å²) in [5.41, 5.74) is 4.31. The molecule has 0 bridgehead atoms. The molecule has 3 amide bonds. The summed E-state index contributed by atoms with van der Waals surface area (Å²) in [6.45, 7) is 0.927. The van der Waals surface area contributed by atoms with Gasteiger partial charge in [-0.25, -0.2) is 14.4 Å². The summed E-state index contributed by atoms with van der Waals surface area (Å²) in [4.78, 5) is 71.9. The summed E-state index contributed by atoms with van der Waals surface area (Å²) in [5.74, 6) is -1.55. The van der Waals surface area contributed by atoms with E-state index in [1.165, 1.54) is 55.5 Å². The van der Waals surface area contributed by atoms with Gasteiger partial charge in [0, 0.05) is 30.0 Å². The van der Waals surface area contributed by atoms with Crippen molar-refractivity contribution < 1.29 is 43.2 Å². The summed E-state index contributed by atoms with van der Waals surface area (Å²) in [6, 6.07) is 8.19. The second-order valence-corrected chi connectivity index (χ2v) is 10.3. The Hall–Kier alpha value is -4.93. The lowest BCUT2D eigenvalue weighted by Crippen LogP contribution is -2.79. The number of fused-ring (bicyclic) bond motifs is 1. The van der Waals surface area contributed by atoms with Crippen LogP contribution in [0, 0.1) is 20.2 Å². The third kappa shape index (κ3) is 6.29. The Balaban J connectivity index is 1.41. The fraction of sp³-hybridized carbons (Fsp3) is 0.333. The van der Waals surface area contributed by atoms with Crippen molar-refractivity contribution in [1.82, 2.24) is 10.2 Å². The Morgan fingerprint density at radius 3 is 2.00 bits per heavy atom. The molecule has 2 saturated heterocycles. The Kier molecular flexibility index (Phi) is 8.27. The third-order valence-electron chi connectivity index (χ3n) is 6.35. The minimum Gasteiger partial charge on any atom is -0.459 e. The molecule has 2 aromatic carbocycles. The first-order valence-corrected chi connectivity index (χ1v) is 12.9. The summed E-state index contributed by atoms with van der Waals surface area (Å²) >= 11 is 1.14. The van der Waals surface area contributed by atoms with E-state index in [0.29, 0.717) is 11.1 Å². The molecule has 2 aliphatic rings. The minimum atomic E-state index is -1.56. The number of nitro groups is 2. The summed E-state index contributed by atoms with van der Waals surface area (Å²) in [7, 11) is 0. The first kappa shape index (κ1) is 29.1. The highest BCUT2D eigenvalue weighted by Gasteiger charge is 2.63. The van der Waals surface area contributed by atoms with Gasteiger partial charge in [-0.3, -0.25) is 25.0 Å². The predicted molar refractivity (Wildman–Crippen MR) is 139 cm³/mol. The van der Waals surface area contributed by atoms with Crippen molar-refractivity contribution in [2.75, 3.05) is 5.75 Å². The first-order valence-electron chi connectivity index (χ1n) is 11.9. The molecule has 0 aromatic heterocycles. The zero-order valence-electron chi connectivity index (χ0n) is 21.3. The number of carbonyl (C=O) groups is 4. The van der Waals surface area contributed by atoms with E-state index in [2.05, 4.69) is 5.32 Å². The normalized spacial score (nSPS) is 22.9. The van der Waals surface area contributed by atoms with E-state index in [1.807, 2.05) is 0 Å². The van der Waals surface area contributed by atoms with Crippen LogP contribution < -0.4 is 11.1 Å². The number of hydrogen-bond donors (Lipinski definition) is 2. The number of nitro benzene ring substituents is 2. The van der Waals surface area contributed by atoms with E-state index in [1.54, 1.807) is 0 Å². The summed E-state index contributed by atoms with van der Waals surface area (Å²) in [6.07, 6.45) is -2.10. The van der Waals surface area contributed by atoms with Gasteiger partial charge in [0.1, 0.15) is 24.6 Å². The van der Waals surface area contributed by atoms with E-state index in [9.17, 15) is 39.4 Å². The smallest absolute Gasteiger partial charge is 0.408 e. The second-order valence-electron chi connectivity index (χ2n) is 9.24. The van der Waals surface area contributed by atoms with Crippen molar-refractivity contribution in [2.24, 2.45) is 5.73 Å². The molecule has 16 nitrogen and oxygen atoms in total. The van der Waals surface area contributed by atoms with Crippen LogP contribution in [0.1, 0.15) is 18.1 Å². The molecule has 2 aromatic rings. The number of carbonyl (C=O) groups excluding carboxylic acids is 4. The lowest BCUT2D eigenvalue weighted by atomic mass is 9.91. The number of esters is 1. The zero-order chi connectivity index (χ0) is 29.9. The van der Waals surface area contributed by atoms with Crippen LogP contribution in [0.4, 0.5) is 21.0 Å². The summed E-state index contributed by atoms with van der Waals surface area (Å²) in [5, 5.41) is 23.3. The number of primary amides is 1. The van der Waals surface area contributed by atoms with E-state index < -0.39 is 57.0 Å². The monoisotopic (exact) mass is 589 g/mol. The van der Waals surface area contributed by atoms with E-state index in [4.69, 9.17) is 19.9 Å². The molecule has 2 aliphatic heterocycles. The standard InChI is InChI=1S/C24H23N5O11S/c1-24(40-22(25)32)12-41-20-17(26-23(33)39-11-14-4-8-16(9-5-14)29(36)37)19(30)27(20)18(24)21(31)38-10-13-2-6-15(7-3-13)28(34)35/h2-9,17-18,20H,10-12H2,1H3,(H2,25,32)(H,26,33)/t17-,18+,20-,24-/m1/s1. The van der Waals surface area contributed by atoms with Crippen molar-refractivity contribution in [1.29, 1.82) is 0 Å². The van der Waals surface area contributed by atoms with Crippen LogP contribution in [-0.2, 0) is 37.0 Å². The molecule has 2 fully saturated rings. The number of β-lactam (4-membered cyclic amide) rings is 1. The Morgan fingerprint density at radius 1 is 1.00 bits per heavy atom. The molecule has 0 spiro atoms. The van der Waals surface area contributed by atoms with Gasteiger partial charge in [0.15, 0.2) is 11.6 Å². The van der Waals surface area contributed by atoms with Crippen molar-refractivity contribution in [2.45, 2.75) is 43.2 Å². The van der Waals surface area contributed by atoms with Crippen LogP contribution in [0.3, 0.4) is 0 Å². The highest BCUT2D eigenvalue weighted by atomic mass is 32.2. The topological polar surface area (TPSA) is 224 Å². The van der Waals surface area contributed by atoms with Crippen LogP contribution in [0.15, 0.2) is 48.5 Å². The molecule has 0 radical (unpaired) electrons. The maximum atomic E-state index is 13.2. The van der Waals surface area contributed by atoms with Gasteiger partial charge in [-0.1, -0.05) is 0 Å². The Labute approximate surface area is 235 Å². The predicted octanol–water partition coefficient (Wildman–Crippen LogP) is 1.98. The molecular weight excluding hydrogens is 566 g/mol. The largest absolute Gasteiger partial charge is 0.459 e. The molecule has 3 N–H and O–H groups in total. The van der Waals surface area contributed by atoms with Gasteiger partial charge in [0.2, 0.25) is 5.91 Å². The lowest BCUT2D eigenvalue weighted by molar-refractivity contribution is -0.385. The number of ether oxygens (including phenoxy) is 3. The van der Waals surface area contributed by atoms with Crippen molar-refractivity contribution in [3.8, 4) is 0 Å². The number of non-ortho nitro benzene ring substituents is 2. The number of alkyl carbamates (subject to hydrolysis) is 1. The fourth-order valence-electron chi connectivity index (χ4n) is 4.35. The van der Waals surface area contributed by atoms with Crippen LogP contribution in [0.5, 0.6) is 0 Å². The quantitative estimate of drug-likeness (QED) is 0.141. The molecule has 17 heteroatoms. The van der Waals surface area contributed by atoms with Crippen LogP contribution in [0.25, 0.3) is 0 Å². The molecule has 4 atom stereocenters. The van der Waals surface area contributed by atoms with Crippen LogP contribution in [0.2, 0.25) is 0 Å². The number of nitrogens with two attached hydrogens (primary N) is 1. The fourth-order valence-corrected chi connectivity index (χ4v) is 5.83. The van der Waals surface area contributed by atoms with Crippen molar-refractivity contribution >= 4 is 47.2 Å². The van der Waals surface area contributed by atoms with Gasteiger partial charge in [-0.05, 0) is 42.3 Å². The summed E-state index contributed by atoms with van der Waals surface area (Å²) < 4.78 is 15.7. The Morgan fingerprint density at radius 2 is 1.51 bits per heavy atom. The average molecular weight is 590 g/mol. The van der Waals surface area contributed by atoms with E-state index >= 15 is 0 Å². The number of amides is 3. The maximum absolute atomic E-state index is 13.2. The van der Waals surface area contributed by atoms with Gasteiger partial charge in [-0.15, -0.1) is 11.8 Å². The van der Waals surface area contributed by atoms with Crippen LogP contribution >= 0.6 is 11.8 Å². The molecule has 4 rings (SSSR count). The second kappa shape index (κ2) is 11.7. The highest BCUT2D eigenvalue weighted by molar-refractivity contribution is 8.00. The first-order chi connectivity index (χ1) is 19.4. The van der Waals surface area contributed by atoms with E-state index in [0.717, 1.165) is 16.7 Å². The van der Waals surface area contributed by atoms with Crippen molar-refractivity contribution in [3.63, 3.8) is 0 Å². The molecule has 0 aliphatic carbocycles. The highest BCUT2D eigenvalue weighted by Crippen LogP contribution is 2.44. The zero-order valence-corrected chi connectivity index (χ0v) is 22.1. The van der Waals surface area contributed by atoms with Gasteiger partial charge in [0.25, 0.3) is 11.4 Å². The third-order valence-corrected chi connectivity index (χ3v) is 7.93. The molecule has 2 heterocycles. The lowest BCUT2D eigenvalue weighted by Gasteiger charge is -2.56. The van der Waals surface area contributed by atoms with E-state index in [-0.39, 0.29) is 30.3 Å². The van der Waals surface area contributed by atoms with Crippen LogP contribution in [-0.4, -0.2) is 67.6 Å². The van der Waals surface area contributed by atoms with Crippen molar-refractivity contribution in [3.05, 3.63) is 79.9 Å².